The molecule has 0 amide bonds. The fourth-order valence-electron chi connectivity index (χ4n) is 1.69. The number of benzene rings is 1. The van der Waals surface area contributed by atoms with E-state index < -0.39 is 0 Å². The number of fused-ring (bicyclic) bond motifs is 1. The molecule has 1 heterocycles. The molecule has 0 saturated carbocycles. The van der Waals surface area contributed by atoms with Gasteiger partial charge < -0.3 is 10.4 Å². The van der Waals surface area contributed by atoms with Gasteiger partial charge in [0.25, 0.3) is 0 Å². The van der Waals surface area contributed by atoms with Crippen LogP contribution in [0.5, 0.6) is 5.75 Å². The van der Waals surface area contributed by atoms with Gasteiger partial charge in [-0.25, -0.2) is 0 Å². The summed E-state index contributed by atoms with van der Waals surface area (Å²) in [6.07, 6.45) is 3.29. The summed E-state index contributed by atoms with van der Waals surface area (Å²) in [5.41, 5.74) is 2.13. The van der Waals surface area contributed by atoms with Crippen LogP contribution in [0.3, 0.4) is 0 Å². The summed E-state index contributed by atoms with van der Waals surface area (Å²) >= 11 is 3.37. The first kappa shape index (κ1) is 8.88. The highest BCUT2D eigenvalue weighted by Crippen LogP contribution is 2.33. The topological polar surface area (TPSA) is 32.3 Å². The number of phenols is 1. The second-order valence-corrected chi connectivity index (χ2v) is 4.25. The zero-order chi connectivity index (χ0) is 9.26. The number of hydrogen-bond donors (Lipinski definition) is 2. The van der Waals surface area contributed by atoms with Crippen molar-refractivity contribution in [3.63, 3.8) is 0 Å². The van der Waals surface area contributed by atoms with Crippen LogP contribution in [0.25, 0.3) is 0 Å². The number of anilines is 1. The Morgan fingerprint density at radius 1 is 1.31 bits per heavy atom. The van der Waals surface area contributed by atoms with E-state index in [0.717, 1.165) is 35.1 Å². The molecule has 0 unspecified atom stereocenters. The maximum Gasteiger partial charge on any atom is 0.121 e. The van der Waals surface area contributed by atoms with Gasteiger partial charge in [0, 0.05) is 22.3 Å². The van der Waals surface area contributed by atoms with Crippen molar-refractivity contribution >= 4 is 21.6 Å². The summed E-state index contributed by atoms with van der Waals surface area (Å²) in [5.74, 6) is 0.402. The predicted molar refractivity (Wildman–Crippen MR) is 57.2 cm³/mol. The van der Waals surface area contributed by atoms with Crippen molar-refractivity contribution in [2.45, 2.75) is 19.3 Å². The van der Waals surface area contributed by atoms with E-state index >= 15 is 0 Å². The Kier molecular flexibility index (Phi) is 2.44. The van der Waals surface area contributed by atoms with E-state index in [1.54, 1.807) is 6.07 Å². The summed E-state index contributed by atoms with van der Waals surface area (Å²) in [6.45, 7) is 1.00. The Morgan fingerprint density at radius 2 is 2.15 bits per heavy atom. The summed E-state index contributed by atoms with van der Waals surface area (Å²) < 4.78 is 0.929. The van der Waals surface area contributed by atoms with Crippen LogP contribution in [0.15, 0.2) is 16.6 Å². The van der Waals surface area contributed by atoms with Gasteiger partial charge in [-0.3, -0.25) is 0 Å². The molecule has 0 spiro atoms. The van der Waals surface area contributed by atoms with E-state index in [-0.39, 0.29) is 0 Å². The minimum absolute atomic E-state index is 0.402. The van der Waals surface area contributed by atoms with Gasteiger partial charge in [0.05, 0.1) is 0 Å². The van der Waals surface area contributed by atoms with Crippen LogP contribution < -0.4 is 5.32 Å². The largest absolute Gasteiger partial charge is 0.508 e. The minimum atomic E-state index is 0.402. The number of nitrogens with one attached hydrogen (secondary N) is 1. The average molecular weight is 242 g/mol. The third kappa shape index (κ3) is 1.80. The maximum absolute atomic E-state index is 9.69. The van der Waals surface area contributed by atoms with Crippen molar-refractivity contribution < 1.29 is 5.11 Å². The first-order valence-electron chi connectivity index (χ1n) is 4.52. The molecule has 70 valence electrons. The van der Waals surface area contributed by atoms with Crippen molar-refractivity contribution in [2.75, 3.05) is 11.9 Å². The fraction of sp³-hybridized carbons (Fsp3) is 0.400. The maximum atomic E-state index is 9.69. The van der Waals surface area contributed by atoms with E-state index in [1.165, 1.54) is 6.42 Å². The lowest BCUT2D eigenvalue weighted by Gasteiger charge is -2.09. The molecule has 1 aromatic carbocycles. The third-order valence-corrected chi connectivity index (χ3v) is 2.82. The smallest absolute Gasteiger partial charge is 0.121 e. The van der Waals surface area contributed by atoms with Gasteiger partial charge in [-0.2, -0.15) is 0 Å². The van der Waals surface area contributed by atoms with Crippen LogP contribution in [-0.2, 0) is 6.42 Å². The lowest BCUT2D eigenvalue weighted by atomic mass is 10.1. The Bertz CT molecular complexity index is 325. The standard InChI is InChI=1S/C10H12BrNO/c11-7-5-9-8(10(13)6-7)3-1-2-4-12-9/h5-6,12-13H,1-4H2. The quantitative estimate of drug-likeness (QED) is 0.733. The Hall–Kier alpha value is -0.700. The first-order valence-corrected chi connectivity index (χ1v) is 5.32. The molecule has 3 heteroatoms. The van der Waals surface area contributed by atoms with Crippen molar-refractivity contribution in [1.82, 2.24) is 0 Å². The van der Waals surface area contributed by atoms with Crippen molar-refractivity contribution in [3.8, 4) is 5.75 Å². The van der Waals surface area contributed by atoms with Gasteiger partial charge in [0.15, 0.2) is 0 Å². The predicted octanol–water partition coefficient (Wildman–Crippen LogP) is 2.90. The van der Waals surface area contributed by atoms with Gasteiger partial charge in [-0.15, -0.1) is 0 Å². The molecule has 13 heavy (non-hydrogen) atoms. The lowest BCUT2D eigenvalue weighted by molar-refractivity contribution is 0.467. The number of halogens is 1. The van der Waals surface area contributed by atoms with Crippen LogP contribution in [0, 0.1) is 0 Å². The molecule has 2 nitrogen and oxygen atoms in total. The summed E-state index contributed by atoms with van der Waals surface area (Å²) in [7, 11) is 0. The van der Waals surface area contributed by atoms with E-state index in [0.29, 0.717) is 5.75 Å². The minimum Gasteiger partial charge on any atom is -0.508 e. The normalized spacial score (nSPS) is 15.8. The van der Waals surface area contributed by atoms with E-state index in [4.69, 9.17) is 0 Å². The molecule has 2 N–H and O–H groups in total. The number of aromatic hydroxyl groups is 1. The number of rotatable bonds is 0. The summed E-state index contributed by atoms with van der Waals surface area (Å²) in [4.78, 5) is 0. The highest BCUT2D eigenvalue weighted by atomic mass is 79.9. The zero-order valence-electron chi connectivity index (χ0n) is 7.31. The molecule has 0 aromatic heterocycles. The van der Waals surface area contributed by atoms with E-state index in [9.17, 15) is 5.11 Å². The molecule has 1 aliphatic rings. The molecular formula is C10H12BrNO. The highest BCUT2D eigenvalue weighted by molar-refractivity contribution is 9.10. The fourth-order valence-corrected chi connectivity index (χ4v) is 2.14. The highest BCUT2D eigenvalue weighted by Gasteiger charge is 2.11. The van der Waals surface area contributed by atoms with Gasteiger partial charge in [-0.05, 0) is 31.4 Å². The molecule has 2 rings (SSSR count). The summed E-state index contributed by atoms with van der Waals surface area (Å²) in [5, 5.41) is 13.0. The Labute approximate surface area is 86.1 Å². The van der Waals surface area contributed by atoms with Crippen LogP contribution in [0.1, 0.15) is 18.4 Å². The SMILES string of the molecule is Oc1cc(Br)cc2c1CCCCN2. The molecule has 1 aromatic rings. The Balaban J connectivity index is 2.47. The monoisotopic (exact) mass is 241 g/mol. The van der Waals surface area contributed by atoms with Gasteiger partial charge in [0.2, 0.25) is 0 Å². The van der Waals surface area contributed by atoms with Gasteiger partial charge in [0.1, 0.15) is 5.75 Å². The molecule has 0 atom stereocenters. The molecule has 0 aliphatic carbocycles. The molecule has 0 fully saturated rings. The second kappa shape index (κ2) is 3.58. The van der Waals surface area contributed by atoms with E-state index in [2.05, 4.69) is 21.2 Å². The van der Waals surface area contributed by atoms with Crippen LogP contribution in [0.4, 0.5) is 5.69 Å². The second-order valence-electron chi connectivity index (χ2n) is 3.33. The van der Waals surface area contributed by atoms with Gasteiger partial charge in [-0.1, -0.05) is 15.9 Å². The zero-order valence-corrected chi connectivity index (χ0v) is 8.89. The van der Waals surface area contributed by atoms with Crippen LogP contribution >= 0.6 is 15.9 Å². The Morgan fingerprint density at radius 3 is 3.00 bits per heavy atom. The average Bonchev–Trinajstić information content (AvgIpc) is 2.28. The number of phenolic OH excluding ortho intramolecular Hbond substituents is 1. The van der Waals surface area contributed by atoms with E-state index in [1.807, 2.05) is 6.07 Å². The van der Waals surface area contributed by atoms with Gasteiger partial charge >= 0.3 is 0 Å². The molecule has 0 radical (unpaired) electrons. The van der Waals surface area contributed by atoms with Crippen LogP contribution in [-0.4, -0.2) is 11.7 Å². The number of hydrogen-bond acceptors (Lipinski definition) is 2. The molecule has 1 aliphatic heterocycles. The van der Waals surface area contributed by atoms with Crippen molar-refractivity contribution in [1.29, 1.82) is 0 Å². The molecule has 0 saturated heterocycles. The molecule has 0 bridgehead atoms. The summed E-state index contributed by atoms with van der Waals surface area (Å²) in [6, 6.07) is 3.78. The first-order chi connectivity index (χ1) is 6.27. The lowest BCUT2D eigenvalue weighted by Crippen LogP contribution is -1.99. The van der Waals surface area contributed by atoms with Crippen molar-refractivity contribution in [3.05, 3.63) is 22.2 Å². The molecular weight excluding hydrogens is 230 g/mol. The third-order valence-electron chi connectivity index (χ3n) is 2.36. The van der Waals surface area contributed by atoms with Crippen molar-refractivity contribution in [2.24, 2.45) is 0 Å². The van der Waals surface area contributed by atoms with Crippen LogP contribution in [0.2, 0.25) is 0 Å².